The lowest BCUT2D eigenvalue weighted by atomic mass is 9.99. The second-order valence-corrected chi connectivity index (χ2v) is 6.64. The number of nitrogens with zero attached hydrogens (tertiary/aromatic N) is 2. The Kier molecular flexibility index (Phi) is 6.45. The molecule has 0 saturated carbocycles. The minimum Gasteiger partial charge on any atom is -0.465 e. The monoisotopic (exact) mass is 297 g/mol. The highest BCUT2D eigenvalue weighted by Crippen LogP contribution is 2.21. The number of piperazine rings is 1. The Labute approximate surface area is 129 Å². The molecule has 0 radical (unpaired) electrons. The van der Waals surface area contributed by atoms with Crippen LogP contribution in [0, 0.1) is 5.92 Å². The van der Waals surface area contributed by atoms with Crippen LogP contribution in [-0.2, 0) is 9.53 Å². The van der Waals surface area contributed by atoms with E-state index in [0.29, 0.717) is 12.6 Å². The first kappa shape index (κ1) is 16.7. The molecule has 1 N–H and O–H groups in total. The fraction of sp³-hybridized carbons (Fsp3) is 0.938. The van der Waals surface area contributed by atoms with E-state index in [0.717, 1.165) is 38.6 Å². The fourth-order valence-corrected chi connectivity index (χ4v) is 3.56. The normalized spacial score (nSPS) is 26.2. The number of carbonyl (C=O) groups excluding carboxylic acids is 1. The summed E-state index contributed by atoms with van der Waals surface area (Å²) in [6.45, 7) is 13.1. The van der Waals surface area contributed by atoms with E-state index < -0.39 is 0 Å². The second kappa shape index (κ2) is 8.11. The lowest BCUT2D eigenvalue weighted by Crippen LogP contribution is -2.60. The third-order valence-electron chi connectivity index (χ3n) is 4.49. The van der Waals surface area contributed by atoms with Gasteiger partial charge in [0.25, 0.3) is 0 Å². The molecule has 0 aromatic heterocycles. The van der Waals surface area contributed by atoms with Crippen molar-refractivity contribution in [3.8, 4) is 0 Å². The number of esters is 1. The quantitative estimate of drug-likeness (QED) is 0.765. The van der Waals surface area contributed by atoms with Gasteiger partial charge in [0, 0.05) is 32.2 Å². The van der Waals surface area contributed by atoms with Crippen molar-refractivity contribution >= 4 is 5.97 Å². The summed E-state index contributed by atoms with van der Waals surface area (Å²) >= 11 is 0. The van der Waals surface area contributed by atoms with Crippen molar-refractivity contribution in [2.75, 3.05) is 45.9 Å². The summed E-state index contributed by atoms with van der Waals surface area (Å²) in [7, 11) is 0. The van der Waals surface area contributed by atoms with E-state index in [4.69, 9.17) is 4.74 Å². The van der Waals surface area contributed by atoms with Gasteiger partial charge >= 0.3 is 5.97 Å². The standard InChI is InChI=1S/C16H31N3O2/c1-4-21-16(20)15-11-17-7-10-19(15)14-5-8-18(9-6-14)12-13(2)3/h13-15,17H,4-12H2,1-3H3. The predicted octanol–water partition coefficient (Wildman–Crippen LogP) is 0.944. The molecule has 2 fully saturated rings. The van der Waals surface area contributed by atoms with Crippen LogP contribution in [0.5, 0.6) is 0 Å². The largest absolute Gasteiger partial charge is 0.465 e. The molecule has 0 aromatic rings. The lowest BCUT2D eigenvalue weighted by Gasteiger charge is -2.44. The molecule has 2 aliphatic rings. The summed E-state index contributed by atoms with van der Waals surface area (Å²) in [6.07, 6.45) is 2.34. The predicted molar refractivity (Wildman–Crippen MR) is 84.3 cm³/mol. The number of piperidine rings is 1. The molecule has 0 aliphatic carbocycles. The summed E-state index contributed by atoms with van der Waals surface area (Å²) in [5, 5.41) is 3.33. The van der Waals surface area contributed by atoms with E-state index >= 15 is 0 Å². The third-order valence-corrected chi connectivity index (χ3v) is 4.49. The number of ether oxygens (including phenoxy) is 1. The molecule has 2 rings (SSSR count). The first-order valence-corrected chi connectivity index (χ1v) is 8.47. The van der Waals surface area contributed by atoms with Gasteiger partial charge in [0.05, 0.1) is 6.61 Å². The number of rotatable bonds is 5. The zero-order chi connectivity index (χ0) is 15.2. The first-order valence-electron chi connectivity index (χ1n) is 8.47. The van der Waals surface area contributed by atoms with Gasteiger partial charge in [-0.1, -0.05) is 13.8 Å². The van der Waals surface area contributed by atoms with Gasteiger partial charge in [0.15, 0.2) is 0 Å². The van der Waals surface area contributed by atoms with Gasteiger partial charge in [-0.15, -0.1) is 0 Å². The van der Waals surface area contributed by atoms with Gasteiger partial charge in [-0.2, -0.15) is 0 Å². The minimum atomic E-state index is -0.0969. The molecule has 0 aromatic carbocycles. The summed E-state index contributed by atoms with van der Waals surface area (Å²) in [4.78, 5) is 17.1. The maximum absolute atomic E-state index is 12.1. The molecule has 1 atom stereocenters. The Morgan fingerprint density at radius 2 is 2.00 bits per heavy atom. The number of hydrogen-bond donors (Lipinski definition) is 1. The molecule has 1 unspecified atom stereocenters. The molecule has 0 amide bonds. The van der Waals surface area contributed by atoms with Gasteiger partial charge < -0.3 is 15.0 Å². The summed E-state index contributed by atoms with van der Waals surface area (Å²) in [5.41, 5.74) is 0. The van der Waals surface area contributed by atoms with Crippen LogP contribution in [0.4, 0.5) is 0 Å². The maximum Gasteiger partial charge on any atom is 0.324 e. The average Bonchev–Trinajstić information content (AvgIpc) is 2.48. The zero-order valence-electron chi connectivity index (χ0n) is 13.8. The Balaban J connectivity index is 1.89. The van der Waals surface area contributed by atoms with E-state index in [1.807, 2.05) is 6.92 Å². The summed E-state index contributed by atoms with van der Waals surface area (Å²) < 4.78 is 5.25. The zero-order valence-corrected chi connectivity index (χ0v) is 13.8. The molecule has 21 heavy (non-hydrogen) atoms. The number of nitrogens with one attached hydrogen (secondary N) is 1. The Bertz CT molecular complexity index is 327. The van der Waals surface area contributed by atoms with Crippen molar-refractivity contribution in [3.05, 3.63) is 0 Å². The van der Waals surface area contributed by atoms with Gasteiger partial charge in [0.1, 0.15) is 6.04 Å². The topological polar surface area (TPSA) is 44.8 Å². The van der Waals surface area contributed by atoms with Crippen molar-refractivity contribution in [3.63, 3.8) is 0 Å². The average molecular weight is 297 g/mol. The molecule has 0 spiro atoms. The lowest BCUT2D eigenvalue weighted by molar-refractivity contribution is -0.151. The van der Waals surface area contributed by atoms with Crippen molar-refractivity contribution in [2.24, 2.45) is 5.92 Å². The molecule has 0 bridgehead atoms. The Hall–Kier alpha value is -0.650. The van der Waals surface area contributed by atoms with Gasteiger partial charge in [-0.05, 0) is 38.8 Å². The van der Waals surface area contributed by atoms with Crippen LogP contribution in [0.2, 0.25) is 0 Å². The maximum atomic E-state index is 12.1. The smallest absolute Gasteiger partial charge is 0.324 e. The highest BCUT2D eigenvalue weighted by molar-refractivity contribution is 5.76. The van der Waals surface area contributed by atoms with E-state index in [2.05, 4.69) is 29.0 Å². The molecule has 2 saturated heterocycles. The van der Waals surface area contributed by atoms with E-state index in [-0.39, 0.29) is 12.0 Å². The van der Waals surface area contributed by atoms with E-state index in [1.165, 1.54) is 19.4 Å². The van der Waals surface area contributed by atoms with Gasteiger partial charge in [-0.25, -0.2) is 0 Å². The van der Waals surface area contributed by atoms with E-state index in [9.17, 15) is 4.79 Å². The van der Waals surface area contributed by atoms with Crippen LogP contribution in [0.3, 0.4) is 0 Å². The molecule has 122 valence electrons. The second-order valence-electron chi connectivity index (χ2n) is 6.64. The highest BCUT2D eigenvalue weighted by atomic mass is 16.5. The molecule has 5 heteroatoms. The van der Waals surface area contributed by atoms with Crippen molar-refractivity contribution in [2.45, 2.75) is 45.7 Å². The van der Waals surface area contributed by atoms with Crippen molar-refractivity contribution < 1.29 is 9.53 Å². The van der Waals surface area contributed by atoms with Crippen LogP contribution in [0.25, 0.3) is 0 Å². The van der Waals surface area contributed by atoms with Crippen LogP contribution in [0.1, 0.15) is 33.6 Å². The molecular weight excluding hydrogens is 266 g/mol. The van der Waals surface area contributed by atoms with Crippen molar-refractivity contribution in [1.82, 2.24) is 15.1 Å². The van der Waals surface area contributed by atoms with E-state index in [1.54, 1.807) is 0 Å². The molecular formula is C16H31N3O2. The Morgan fingerprint density at radius 3 is 2.62 bits per heavy atom. The minimum absolute atomic E-state index is 0.0608. The van der Waals surface area contributed by atoms with Crippen LogP contribution in [-0.4, -0.2) is 73.7 Å². The summed E-state index contributed by atoms with van der Waals surface area (Å²) in [6, 6.07) is 0.435. The van der Waals surface area contributed by atoms with Gasteiger partial charge in [-0.3, -0.25) is 9.69 Å². The van der Waals surface area contributed by atoms with Crippen LogP contribution in [0.15, 0.2) is 0 Å². The fourth-order valence-electron chi connectivity index (χ4n) is 3.56. The molecule has 5 nitrogen and oxygen atoms in total. The van der Waals surface area contributed by atoms with Crippen LogP contribution < -0.4 is 5.32 Å². The highest BCUT2D eigenvalue weighted by Gasteiger charge is 2.35. The SMILES string of the molecule is CCOC(=O)C1CNCCN1C1CCN(CC(C)C)CC1. The number of hydrogen-bond acceptors (Lipinski definition) is 5. The molecule has 2 aliphatic heterocycles. The van der Waals surface area contributed by atoms with Crippen molar-refractivity contribution in [1.29, 1.82) is 0 Å². The van der Waals surface area contributed by atoms with Crippen LogP contribution >= 0.6 is 0 Å². The number of likely N-dealkylation sites (tertiary alicyclic amines) is 1. The number of carbonyl (C=O) groups is 1. The van der Waals surface area contributed by atoms with Gasteiger partial charge in [0.2, 0.25) is 0 Å². The Morgan fingerprint density at radius 1 is 1.29 bits per heavy atom. The third kappa shape index (κ3) is 4.66. The first-order chi connectivity index (χ1) is 10.1. The summed E-state index contributed by atoms with van der Waals surface area (Å²) in [5.74, 6) is 0.669. The molecule has 2 heterocycles.